The highest BCUT2D eigenvalue weighted by Crippen LogP contribution is 2.28. The highest BCUT2D eigenvalue weighted by atomic mass is 32.1. The second-order valence-electron chi connectivity index (χ2n) is 5.18. The molecule has 0 unspecified atom stereocenters. The van der Waals surface area contributed by atoms with Crippen molar-refractivity contribution in [3.63, 3.8) is 0 Å². The van der Waals surface area contributed by atoms with E-state index in [2.05, 4.69) is 43.5 Å². The summed E-state index contributed by atoms with van der Waals surface area (Å²) in [7, 11) is 3.56. The monoisotopic (exact) mass is 273 g/mol. The van der Waals surface area contributed by atoms with Crippen molar-refractivity contribution in [2.45, 2.75) is 19.8 Å². The molecule has 0 aliphatic heterocycles. The van der Waals surface area contributed by atoms with Gasteiger partial charge in [0, 0.05) is 14.1 Å². The molecule has 1 heterocycles. The summed E-state index contributed by atoms with van der Waals surface area (Å²) in [6.07, 6.45) is 0. The first kappa shape index (κ1) is 13.8. The average Bonchev–Trinajstić information content (AvgIpc) is 2.87. The van der Waals surface area contributed by atoms with Crippen molar-refractivity contribution >= 4 is 17.2 Å². The van der Waals surface area contributed by atoms with E-state index < -0.39 is 0 Å². The van der Waals surface area contributed by atoms with Crippen molar-refractivity contribution in [2.75, 3.05) is 14.1 Å². The number of nitrogens with zero attached hydrogens (tertiary/aromatic N) is 1. The number of amides is 1. The summed E-state index contributed by atoms with van der Waals surface area (Å²) >= 11 is 1.50. The molecule has 0 aliphatic carbocycles. The van der Waals surface area contributed by atoms with Crippen molar-refractivity contribution in [1.82, 2.24) is 4.90 Å². The summed E-state index contributed by atoms with van der Waals surface area (Å²) in [6, 6.07) is 10.5. The summed E-state index contributed by atoms with van der Waals surface area (Å²) in [6.45, 7) is 4.38. The molecule has 2 rings (SSSR count). The Morgan fingerprint density at radius 1 is 1.16 bits per heavy atom. The number of carbonyl (C=O) groups excluding carboxylic acids is 1. The van der Waals surface area contributed by atoms with Crippen LogP contribution >= 0.6 is 11.3 Å². The van der Waals surface area contributed by atoms with E-state index in [9.17, 15) is 4.79 Å². The second-order valence-corrected chi connectivity index (χ2v) is 6.09. The van der Waals surface area contributed by atoms with Crippen LogP contribution in [-0.2, 0) is 0 Å². The van der Waals surface area contributed by atoms with E-state index in [0.717, 1.165) is 10.4 Å². The van der Waals surface area contributed by atoms with Gasteiger partial charge in [0.2, 0.25) is 0 Å². The van der Waals surface area contributed by atoms with Gasteiger partial charge < -0.3 is 4.90 Å². The maximum absolute atomic E-state index is 11.9. The number of hydrogen-bond donors (Lipinski definition) is 0. The topological polar surface area (TPSA) is 20.3 Å². The molecule has 0 N–H and O–H groups in total. The van der Waals surface area contributed by atoms with E-state index >= 15 is 0 Å². The largest absolute Gasteiger partial charge is 0.344 e. The van der Waals surface area contributed by atoms with Gasteiger partial charge in [-0.2, -0.15) is 0 Å². The molecular weight excluding hydrogens is 254 g/mol. The quantitative estimate of drug-likeness (QED) is 0.819. The number of carbonyl (C=O) groups is 1. The van der Waals surface area contributed by atoms with Crippen molar-refractivity contribution in [3.05, 3.63) is 46.2 Å². The van der Waals surface area contributed by atoms with Gasteiger partial charge in [-0.1, -0.05) is 38.1 Å². The first-order valence-electron chi connectivity index (χ1n) is 6.39. The maximum Gasteiger partial charge on any atom is 0.263 e. The van der Waals surface area contributed by atoms with Gasteiger partial charge in [0.25, 0.3) is 5.91 Å². The lowest BCUT2D eigenvalue weighted by molar-refractivity contribution is 0.0832. The van der Waals surface area contributed by atoms with E-state index in [1.54, 1.807) is 19.0 Å². The molecule has 0 atom stereocenters. The zero-order chi connectivity index (χ0) is 14.0. The molecule has 0 radical (unpaired) electrons. The van der Waals surface area contributed by atoms with E-state index in [1.165, 1.54) is 22.5 Å². The van der Waals surface area contributed by atoms with Gasteiger partial charge in [-0.3, -0.25) is 4.79 Å². The Morgan fingerprint density at radius 2 is 1.89 bits per heavy atom. The first-order chi connectivity index (χ1) is 8.99. The smallest absolute Gasteiger partial charge is 0.263 e. The van der Waals surface area contributed by atoms with E-state index in [1.807, 2.05) is 6.07 Å². The predicted octanol–water partition coefficient (Wildman–Crippen LogP) is 4.24. The highest BCUT2D eigenvalue weighted by molar-refractivity contribution is 7.12. The summed E-state index contributed by atoms with van der Waals surface area (Å²) in [5.41, 5.74) is 3.63. The Hall–Kier alpha value is -1.61. The van der Waals surface area contributed by atoms with Crippen LogP contribution in [0.5, 0.6) is 0 Å². The number of hydrogen-bond acceptors (Lipinski definition) is 2. The van der Waals surface area contributed by atoms with Crippen LogP contribution in [0.4, 0.5) is 0 Å². The lowest BCUT2D eigenvalue weighted by atomic mass is 9.98. The summed E-state index contributed by atoms with van der Waals surface area (Å²) in [4.78, 5) is 14.3. The van der Waals surface area contributed by atoms with Crippen LogP contribution in [0.3, 0.4) is 0 Å². The molecule has 0 saturated carbocycles. The second kappa shape index (κ2) is 5.57. The number of rotatable bonds is 3. The Kier molecular flexibility index (Phi) is 4.05. The first-order valence-corrected chi connectivity index (χ1v) is 7.27. The average molecular weight is 273 g/mol. The van der Waals surface area contributed by atoms with Crippen LogP contribution in [0.25, 0.3) is 11.1 Å². The van der Waals surface area contributed by atoms with E-state index in [0.29, 0.717) is 5.92 Å². The SMILES string of the molecule is CC(C)c1cccc(-c2csc(C(=O)N(C)C)c2)c1. The molecule has 19 heavy (non-hydrogen) atoms. The summed E-state index contributed by atoms with van der Waals surface area (Å²) in [5, 5.41) is 2.05. The van der Waals surface area contributed by atoms with Gasteiger partial charge in [0.15, 0.2) is 0 Å². The number of benzene rings is 1. The van der Waals surface area contributed by atoms with Crippen LogP contribution in [-0.4, -0.2) is 24.9 Å². The van der Waals surface area contributed by atoms with Crippen LogP contribution in [0.15, 0.2) is 35.7 Å². The standard InChI is InChI=1S/C16H19NOS/c1-11(2)12-6-5-7-13(8-12)14-9-15(19-10-14)16(18)17(3)4/h5-11H,1-4H3. The fourth-order valence-corrected chi connectivity index (χ4v) is 2.83. The third-order valence-corrected chi connectivity index (χ3v) is 4.02. The molecule has 0 saturated heterocycles. The molecule has 100 valence electrons. The Balaban J connectivity index is 2.33. The van der Waals surface area contributed by atoms with Crippen molar-refractivity contribution in [3.8, 4) is 11.1 Å². The minimum Gasteiger partial charge on any atom is -0.344 e. The van der Waals surface area contributed by atoms with Gasteiger partial charge in [0.1, 0.15) is 0 Å². The van der Waals surface area contributed by atoms with Crippen LogP contribution < -0.4 is 0 Å². The molecule has 1 aromatic carbocycles. The molecule has 3 heteroatoms. The summed E-state index contributed by atoms with van der Waals surface area (Å²) in [5.74, 6) is 0.581. The Morgan fingerprint density at radius 3 is 2.53 bits per heavy atom. The van der Waals surface area contributed by atoms with Gasteiger partial charge in [-0.15, -0.1) is 11.3 Å². The Labute approximate surface area is 118 Å². The molecule has 1 aromatic heterocycles. The van der Waals surface area contributed by atoms with Gasteiger partial charge in [-0.25, -0.2) is 0 Å². The molecule has 0 spiro atoms. The van der Waals surface area contributed by atoms with Gasteiger partial charge in [-0.05, 0) is 34.1 Å². The van der Waals surface area contributed by atoms with Crippen LogP contribution in [0.1, 0.15) is 35.0 Å². The third-order valence-electron chi connectivity index (χ3n) is 3.10. The third kappa shape index (κ3) is 3.04. The Bertz CT molecular complexity index is 584. The zero-order valence-corrected chi connectivity index (χ0v) is 12.6. The van der Waals surface area contributed by atoms with Crippen LogP contribution in [0, 0.1) is 0 Å². The normalized spacial score (nSPS) is 10.8. The molecule has 2 aromatic rings. The molecule has 1 amide bonds. The predicted molar refractivity (Wildman–Crippen MR) is 81.9 cm³/mol. The minimum atomic E-state index is 0.0660. The molecular formula is C16H19NOS. The summed E-state index contributed by atoms with van der Waals surface area (Å²) < 4.78 is 0. The zero-order valence-electron chi connectivity index (χ0n) is 11.8. The molecule has 0 fully saturated rings. The maximum atomic E-state index is 11.9. The lowest BCUT2D eigenvalue weighted by Gasteiger charge is -2.08. The molecule has 2 nitrogen and oxygen atoms in total. The fraction of sp³-hybridized carbons (Fsp3) is 0.312. The van der Waals surface area contributed by atoms with Crippen molar-refractivity contribution in [2.24, 2.45) is 0 Å². The van der Waals surface area contributed by atoms with E-state index in [-0.39, 0.29) is 5.91 Å². The van der Waals surface area contributed by atoms with E-state index in [4.69, 9.17) is 0 Å². The number of thiophene rings is 1. The minimum absolute atomic E-state index is 0.0660. The van der Waals surface area contributed by atoms with Crippen LogP contribution in [0.2, 0.25) is 0 Å². The highest BCUT2D eigenvalue weighted by Gasteiger charge is 2.12. The fourth-order valence-electron chi connectivity index (χ4n) is 1.90. The van der Waals surface area contributed by atoms with Gasteiger partial charge in [0.05, 0.1) is 4.88 Å². The molecule has 0 aliphatic rings. The van der Waals surface area contributed by atoms with Gasteiger partial charge >= 0.3 is 0 Å². The van der Waals surface area contributed by atoms with Crippen molar-refractivity contribution in [1.29, 1.82) is 0 Å². The lowest BCUT2D eigenvalue weighted by Crippen LogP contribution is -2.20. The molecule has 0 bridgehead atoms. The van der Waals surface area contributed by atoms with Crippen molar-refractivity contribution < 1.29 is 4.79 Å².